The molecule has 0 saturated heterocycles. The van der Waals surface area contributed by atoms with Crippen molar-refractivity contribution in [2.24, 2.45) is 0 Å². The molecule has 6 heteroatoms. The smallest absolute Gasteiger partial charge is 0.337 e. The van der Waals surface area contributed by atoms with Crippen molar-refractivity contribution in [1.29, 1.82) is 0 Å². The highest BCUT2D eigenvalue weighted by Gasteiger charge is 2.58. The van der Waals surface area contributed by atoms with Crippen molar-refractivity contribution in [2.45, 2.75) is 31.9 Å². The average Bonchev–Trinajstić information content (AvgIpc) is 2.89. The van der Waals surface area contributed by atoms with Gasteiger partial charge in [-0.2, -0.15) is 0 Å². The van der Waals surface area contributed by atoms with Crippen molar-refractivity contribution < 1.29 is 24.2 Å². The van der Waals surface area contributed by atoms with Crippen LogP contribution in [0.25, 0.3) is 6.08 Å². The monoisotopic (exact) mass is 393 g/mol. The molecule has 150 valence electrons. The Morgan fingerprint density at radius 1 is 1.14 bits per heavy atom. The molecule has 2 aromatic carbocycles. The van der Waals surface area contributed by atoms with E-state index in [1.54, 1.807) is 24.3 Å². The molecule has 0 bridgehead atoms. The van der Waals surface area contributed by atoms with Crippen LogP contribution in [0.2, 0.25) is 0 Å². The first-order valence-electron chi connectivity index (χ1n) is 9.51. The van der Waals surface area contributed by atoms with Gasteiger partial charge in [-0.1, -0.05) is 0 Å². The molecule has 0 aliphatic carbocycles. The molecule has 2 aliphatic heterocycles. The van der Waals surface area contributed by atoms with Gasteiger partial charge < -0.3 is 19.5 Å². The van der Waals surface area contributed by atoms with E-state index in [1.165, 1.54) is 7.11 Å². The topological polar surface area (TPSA) is 76.1 Å². The molecule has 0 amide bonds. The largest absolute Gasteiger partial charge is 0.478 e. The summed E-state index contributed by atoms with van der Waals surface area (Å²) < 4.78 is 11.5. The number of hydrogen-bond donors (Lipinski definition) is 1. The second kappa shape index (κ2) is 6.37. The maximum Gasteiger partial charge on any atom is 0.337 e. The van der Waals surface area contributed by atoms with Crippen LogP contribution in [0.4, 0.5) is 5.69 Å². The van der Waals surface area contributed by atoms with Gasteiger partial charge in [-0.15, -0.1) is 0 Å². The number of hydrogen-bond acceptors (Lipinski definition) is 5. The van der Waals surface area contributed by atoms with E-state index in [4.69, 9.17) is 9.47 Å². The molecular weight excluding hydrogens is 370 g/mol. The van der Waals surface area contributed by atoms with Gasteiger partial charge in [-0.3, -0.25) is 0 Å². The number of rotatable bonds is 3. The Morgan fingerprint density at radius 3 is 2.52 bits per heavy atom. The van der Waals surface area contributed by atoms with Crippen LogP contribution < -0.4 is 9.64 Å². The lowest BCUT2D eigenvalue weighted by atomic mass is 9.76. The van der Waals surface area contributed by atoms with Gasteiger partial charge in [0.25, 0.3) is 0 Å². The predicted molar refractivity (Wildman–Crippen MR) is 110 cm³/mol. The Kier molecular flexibility index (Phi) is 4.19. The van der Waals surface area contributed by atoms with Gasteiger partial charge in [0.1, 0.15) is 5.75 Å². The highest BCUT2D eigenvalue weighted by molar-refractivity contribution is 5.91. The number of anilines is 1. The summed E-state index contributed by atoms with van der Waals surface area (Å²) in [4.78, 5) is 25.5. The normalized spacial score (nSPS) is 20.8. The second-order valence-electron chi connectivity index (χ2n) is 7.78. The van der Waals surface area contributed by atoms with Gasteiger partial charge in [0.05, 0.1) is 23.7 Å². The molecule has 2 aliphatic rings. The Balaban J connectivity index is 1.84. The fourth-order valence-electron chi connectivity index (χ4n) is 4.42. The maximum atomic E-state index is 12.1. The van der Waals surface area contributed by atoms with E-state index < -0.39 is 17.1 Å². The van der Waals surface area contributed by atoms with Crippen molar-refractivity contribution >= 4 is 23.7 Å². The minimum absolute atomic E-state index is 0.219. The lowest BCUT2D eigenvalue weighted by Gasteiger charge is -2.47. The van der Waals surface area contributed by atoms with Gasteiger partial charge in [0.2, 0.25) is 5.72 Å². The summed E-state index contributed by atoms with van der Waals surface area (Å²) >= 11 is 0. The number of carboxylic acid groups (broad SMARTS) is 1. The minimum Gasteiger partial charge on any atom is -0.478 e. The Morgan fingerprint density at radius 2 is 1.86 bits per heavy atom. The number of carbonyl (C=O) groups excluding carboxylic acids is 1. The van der Waals surface area contributed by atoms with Crippen LogP contribution in [-0.2, 0) is 10.2 Å². The van der Waals surface area contributed by atoms with Gasteiger partial charge >= 0.3 is 11.9 Å². The van der Waals surface area contributed by atoms with Gasteiger partial charge in [0, 0.05) is 17.8 Å². The van der Waals surface area contributed by atoms with Crippen LogP contribution in [0.15, 0.2) is 42.5 Å². The van der Waals surface area contributed by atoms with E-state index in [0.29, 0.717) is 17.9 Å². The second-order valence-corrected chi connectivity index (χ2v) is 7.78. The summed E-state index contributed by atoms with van der Waals surface area (Å²) in [5.74, 6) is -0.718. The van der Waals surface area contributed by atoms with Crippen LogP contribution in [0.3, 0.4) is 0 Å². The molecule has 0 aromatic heterocycles. The van der Waals surface area contributed by atoms with Gasteiger partial charge in [-0.05, 0) is 74.9 Å². The zero-order chi connectivity index (χ0) is 21.0. The first-order chi connectivity index (χ1) is 13.7. The molecule has 2 aromatic rings. The molecule has 6 nitrogen and oxygen atoms in total. The highest BCUT2D eigenvalue weighted by Crippen LogP contribution is 2.55. The number of benzene rings is 2. The Labute approximate surface area is 169 Å². The predicted octanol–water partition coefficient (Wildman–Crippen LogP) is 4.09. The summed E-state index contributed by atoms with van der Waals surface area (Å²) in [6, 6.07) is 10.4. The molecule has 0 fully saturated rings. The number of carbonyl (C=O) groups is 2. The van der Waals surface area contributed by atoms with Crippen molar-refractivity contribution in [3.8, 4) is 5.75 Å². The fourth-order valence-corrected chi connectivity index (χ4v) is 4.42. The van der Waals surface area contributed by atoms with E-state index in [9.17, 15) is 14.7 Å². The zero-order valence-electron chi connectivity index (χ0n) is 16.9. The van der Waals surface area contributed by atoms with Crippen LogP contribution >= 0.6 is 0 Å². The third kappa shape index (κ3) is 2.55. The van der Waals surface area contributed by atoms with Gasteiger partial charge in [0.15, 0.2) is 0 Å². The molecule has 1 N–H and O–H groups in total. The average molecular weight is 393 g/mol. The number of aromatic carboxylic acids is 1. The summed E-state index contributed by atoms with van der Waals surface area (Å²) in [5, 5.41) is 9.25. The van der Waals surface area contributed by atoms with Crippen LogP contribution in [0.1, 0.15) is 52.6 Å². The maximum absolute atomic E-state index is 12.1. The first-order valence-corrected chi connectivity index (χ1v) is 9.51. The van der Waals surface area contributed by atoms with Crippen molar-refractivity contribution in [2.75, 3.05) is 18.6 Å². The molecule has 29 heavy (non-hydrogen) atoms. The highest BCUT2D eigenvalue weighted by atomic mass is 16.5. The van der Waals surface area contributed by atoms with Crippen LogP contribution in [0.5, 0.6) is 5.75 Å². The molecule has 1 spiro atoms. The fraction of sp³-hybridized carbons (Fsp3) is 0.304. The van der Waals surface area contributed by atoms with Crippen LogP contribution in [-0.4, -0.2) is 36.4 Å². The van der Waals surface area contributed by atoms with E-state index in [2.05, 4.69) is 25.7 Å². The SMILES string of the molecule is CCN1c2ccc(C(=O)OC)cc2C(C)(C)C12C=Cc1cc(C(=O)O)ccc1O2. The number of carboxylic acids is 1. The summed E-state index contributed by atoms with van der Waals surface area (Å²) in [6.07, 6.45) is 3.91. The molecule has 4 rings (SSSR count). The number of ether oxygens (including phenoxy) is 2. The molecule has 0 saturated carbocycles. The van der Waals surface area contributed by atoms with E-state index in [-0.39, 0.29) is 11.5 Å². The van der Waals surface area contributed by atoms with E-state index in [0.717, 1.165) is 16.8 Å². The van der Waals surface area contributed by atoms with Crippen molar-refractivity contribution in [1.82, 2.24) is 0 Å². The number of fused-ring (bicyclic) bond motifs is 2. The van der Waals surface area contributed by atoms with Crippen molar-refractivity contribution in [3.63, 3.8) is 0 Å². The third-order valence-corrected chi connectivity index (χ3v) is 6.01. The third-order valence-electron chi connectivity index (χ3n) is 6.01. The molecule has 2 heterocycles. The lowest BCUT2D eigenvalue weighted by molar-refractivity contribution is 0.0539. The standard InChI is InChI=1S/C23H23NO5/c1-5-24-18-8-6-16(21(27)28-4)13-17(18)22(2,3)23(24)11-10-14-12-15(20(25)26)7-9-19(14)29-23/h6-13H,5H2,1-4H3,(H,25,26). The molecule has 1 unspecified atom stereocenters. The number of nitrogens with zero attached hydrogens (tertiary/aromatic N) is 1. The number of likely N-dealkylation sites (N-methyl/N-ethyl adjacent to an activating group) is 1. The molecule has 0 radical (unpaired) electrons. The lowest BCUT2D eigenvalue weighted by Crippen LogP contribution is -2.59. The summed E-state index contributed by atoms with van der Waals surface area (Å²) in [7, 11) is 1.37. The van der Waals surface area contributed by atoms with E-state index >= 15 is 0 Å². The quantitative estimate of drug-likeness (QED) is 0.792. The Bertz CT molecular complexity index is 1060. The number of esters is 1. The first kappa shape index (κ1) is 19.1. The van der Waals surface area contributed by atoms with E-state index in [1.807, 2.05) is 24.3 Å². The summed E-state index contributed by atoms with van der Waals surface area (Å²) in [5.41, 5.74) is 2.17. The van der Waals surface area contributed by atoms with Crippen LogP contribution in [0, 0.1) is 0 Å². The minimum atomic E-state index is -0.972. The number of methoxy groups -OCH3 is 1. The molecular formula is C23H23NO5. The Hall–Kier alpha value is -3.28. The molecule has 1 atom stereocenters. The summed E-state index contributed by atoms with van der Waals surface area (Å²) in [6.45, 7) is 6.93. The van der Waals surface area contributed by atoms with Crippen molar-refractivity contribution in [3.05, 3.63) is 64.7 Å². The van der Waals surface area contributed by atoms with Gasteiger partial charge in [-0.25, -0.2) is 9.59 Å². The zero-order valence-corrected chi connectivity index (χ0v) is 16.9.